The molecule has 0 bridgehead atoms. The molecule has 186 valence electrons. The first-order valence-electron chi connectivity index (χ1n) is 12.5. The van der Waals surface area contributed by atoms with Crippen LogP contribution in [-0.2, 0) is 33.2 Å². The maximum absolute atomic E-state index is 5.90. The Labute approximate surface area is 190 Å². The van der Waals surface area contributed by atoms with Crippen molar-refractivity contribution >= 4 is 0 Å². The Hall–Kier alpha value is -0.280. The average Bonchev–Trinajstić information content (AvgIpc) is 2.78. The molecule has 7 heteroatoms. The van der Waals surface area contributed by atoms with E-state index in [0.29, 0.717) is 79.3 Å². The van der Waals surface area contributed by atoms with E-state index >= 15 is 0 Å². The normalized spacial score (nSPS) is 21.4. The van der Waals surface area contributed by atoms with Crippen LogP contribution in [0.1, 0.15) is 64.7 Å². The van der Waals surface area contributed by atoms with Crippen molar-refractivity contribution < 1.29 is 33.2 Å². The van der Waals surface area contributed by atoms with Gasteiger partial charge in [-0.05, 0) is 6.42 Å². The zero-order valence-corrected chi connectivity index (χ0v) is 20.0. The molecule has 0 aromatic carbocycles. The Bertz CT molecular complexity index is 326. The molecule has 0 aromatic rings. The Morgan fingerprint density at radius 1 is 0.548 bits per heavy atom. The molecule has 0 spiro atoms. The van der Waals surface area contributed by atoms with Crippen molar-refractivity contribution in [2.24, 2.45) is 0 Å². The van der Waals surface area contributed by atoms with Crippen LogP contribution < -0.4 is 0 Å². The summed E-state index contributed by atoms with van der Waals surface area (Å²) in [5, 5.41) is 0. The molecule has 1 atom stereocenters. The summed E-state index contributed by atoms with van der Waals surface area (Å²) in [4.78, 5) is 0. The van der Waals surface area contributed by atoms with Gasteiger partial charge in [-0.3, -0.25) is 0 Å². The van der Waals surface area contributed by atoms with Crippen LogP contribution in [0.25, 0.3) is 0 Å². The van der Waals surface area contributed by atoms with Crippen molar-refractivity contribution in [3.05, 3.63) is 0 Å². The van der Waals surface area contributed by atoms with Gasteiger partial charge in [0.2, 0.25) is 0 Å². The van der Waals surface area contributed by atoms with Crippen LogP contribution >= 0.6 is 0 Å². The number of rotatable bonds is 12. The Morgan fingerprint density at radius 2 is 1.00 bits per heavy atom. The van der Waals surface area contributed by atoms with Gasteiger partial charge in [-0.2, -0.15) is 0 Å². The van der Waals surface area contributed by atoms with Crippen molar-refractivity contribution in [1.82, 2.24) is 0 Å². The molecule has 1 aliphatic rings. The number of unbranched alkanes of at least 4 members (excludes halogenated alkanes) is 8. The molecular formula is C24H48O7. The molecule has 7 nitrogen and oxygen atoms in total. The maximum Gasteiger partial charge on any atom is 0.104 e. The summed E-state index contributed by atoms with van der Waals surface area (Å²) in [6, 6.07) is 0. The van der Waals surface area contributed by atoms with E-state index in [2.05, 4.69) is 6.92 Å². The second-order valence-electron chi connectivity index (χ2n) is 7.92. The van der Waals surface area contributed by atoms with E-state index in [1.54, 1.807) is 0 Å². The standard InChI is InChI=1S/C24H48O7/c1-2-3-4-5-6-7-8-9-10-11-29-22-24-23-30-19-18-27-15-14-25-12-13-26-16-17-28-20-21-31-24/h24H,2-23H2,1H3. The third-order valence-electron chi connectivity index (χ3n) is 5.07. The number of hydrogen-bond donors (Lipinski definition) is 0. The van der Waals surface area contributed by atoms with Crippen LogP contribution in [0, 0.1) is 0 Å². The number of ether oxygens (including phenoxy) is 7. The second kappa shape index (κ2) is 24.4. The highest BCUT2D eigenvalue weighted by Crippen LogP contribution is 2.09. The molecule has 1 heterocycles. The van der Waals surface area contributed by atoms with Crippen LogP contribution in [0.2, 0.25) is 0 Å². The summed E-state index contributed by atoms with van der Waals surface area (Å²) < 4.78 is 39.4. The molecule has 0 amide bonds. The zero-order valence-electron chi connectivity index (χ0n) is 20.0. The third-order valence-corrected chi connectivity index (χ3v) is 5.07. The minimum atomic E-state index is -0.0827. The van der Waals surface area contributed by atoms with Gasteiger partial charge < -0.3 is 33.2 Å². The summed E-state index contributed by atoms with van der Waals surface area (Å²) in [5.74, 6) is 0. The molecule has 1 aliphatic heterocycles. The van der Waals surface area contributed by atoms with Crippen LogP contribution in [0.5, 0.6) is 0 Å². The molecule has 1 unspecified atom stereocenters. The quantitative estimate of drug-likeness (QED) is 0.418. The van der Waals surface area contributed by atoms with E-state index < -0.39 is 0 Å². The molecule has 1 rings (SSSR count). The maximum atomic E-state index is 5.90. The lowest BCUT2D eigenvalue weighted by atomic mass is 10.1. The fourth-order valence-corrected chi connectivity index (χ4v) is 3.24. The lowest BCUT2D eigenvalue weighted by Crippen LogP contribution is -2.28. The second-order valence-corrected chi connectivity index (χ2v) is 7.92. The molecule has 0 radical (unpaired) electrons. The highest BCUT2D eigenvalue weighted by molar-refractivity contribution is 4.56. The van der Waals surface area contributed by atoms with E-state index in [1.807, 2.05) is 0 Å². The largest absolute Gasteiger partial charge is 0.379 e. The summed E-state index contributed by atoms with van der Waals surface area (Å²) in [6.07, 6.45) is 11.8. The molecule has 1 saturated heterocycles. The third kappa shape index (κ3) is 21.3. The minimum absolute atomic E-state index is 0.0827. The molecule has 1 fully saturated rings. The average molecular weight is 449 g/mol. The SMILES string of the molecule is CCCCCCCCCCCOCC1COCCOCCOCCOCCOCCO1. The predicted octanol–water partition coefficient (Wildman–Crippen LogP) is 4.02. The predicted molar refractivity (Wildman–Crippen MR) is 122 cm³/mol. The summed E-state index contributed by atoms with van der Waals surface area (Å²) in [5.41, 5.74) is 0. The first-order valence-corrected chi connectivity index (χ1v) is 12.5. The van der Waals surface area contributed by atoms with Crippen molar-refractivity contribution in [2.45, 2.75) is 70.8 Å². The van der Waals surface area contributed by atoms with E-state index in [9.17, 15) is 0 Å². The van der Waals surface area contributed by atoms with Crippen LogP contribution in [-0.4, -0.2) is 92.0 Å². The number of hydrogen-bond acceptors (Lipinski definition) is 7. The van der Waals surface area contributed by atoms with Crippen molar-refractivity contribution in [1.29, 1.82) is 0 Å². The fraction of sp³-hybridized carbons (Fsp3) is 1.00. The Kier molecular flexibility index (Phi) is 22.6. The first kappa shape index (κ1) is 28.8. The van der Waals surface area contributed by atoms with Gasteiger partial charge in [0.15, 0.2) is 0 Å². The van der Waals surface area contributed by atoms with Crippen molar-refractivity contribution in [3.8, 4) is 0 Å². The van der Waals surface area contributed by atoms with Crippen molar-refractivity contribution in [2.75, 3.05) is 85.9 Å². The highest BCUT2D eigenvalue weighted by atomic mass is 16.6. The summed E-state index contributed by atoms with van der Waals surface area (Å²) in [6.45, 7) is 9.65. The molecule has 0 saturated carbocycles. The van der Waals surface area contributed by atoms with E-state index in [1.165, 1.54) is 51.4 Å². The van der Waals surface area contributed by atoms with Gasteiger partial charge >= 0.3 is 0 Å². The van der Waals surface area contributed by atoms with Gasteiger partial charge in [0, 0.05) is 6.61 Å². The summed E-state index contributed by atoms with van der Waals surface area (Å²) >= 11 is 0. The Balaban J connectivity index is 2.08. The molecule has 0 N–H and O–H groups in total. The van der Waals surface area contributed by atoms with Crippen LogP contribution in [0.4, 0.5) is 0 Å². The van der Waals surface area contributed by atoms with Crippen LogP contribution in [0.3, 0.4) is 0 Å². The Morgan fingerprint density at radius 3 is 1.55 bits per heavy atom. The van der Waals surface area contributed by atoms with E-state index in [-0.39, 0.29) is 6.10 Å². The van der Waals surface area contributed by atoms with E-state index in [0.717, 1.165) is 13.0 Å². The highest BCUT2D eigenvalue weighted by Gasteiger charge is 2.10. The fourth-order valence-electron chi connectivity index (χ4n) is 3.24. The van der Waals surface area contributed by atoms with Gasteiger partial charge in [-0.15, -0.1) is 0 Å². The van der Waals surface area contributed by atoms with Gasteiger partial charge in [-0.25, -0.2) is 0 Å². The lowest BCUT2D eigenvalue weighted by Gasteiger charge is -2.19. The molecule has 31 heavy (non-hydrogen) atoms. The molecule has 0 aliphatic carbocycles. The van der Waals surface area contributed by atoms with Gasteiger partial charge in [-0.1, -0.05) is 58.3 Å². The lowest BCUT2D eigenvalue weighted by molar-refractivity contribution is -0.0846. The van der Waals surface area contributed by atoms with Gasteiger partial charge in [0.1, 0.15) is 6.10 Å². The van der Waals surface area contributed by atoms with Gasteiger partial charge in [0.05, 0.1) is 79.3 Å². The minimum Gasteiger partial charge on any atom is -0.379 e. The van der Waals surface area contributed by atoms with E-state index in [4.69, 9.17) is 33.2 Å². The molecular weight excluding hydrogens is 400 g/mol. The van der Waals surface area contributed by atoms with Crippen LogP contribution in [0.15, 0.2) is 0 Å². The van der Waals surface area contributed by atoms with Crippen molar-refractivity contribution in [3.63, 3.8) is 0 Å². The zero-order chi connectivity index (χ0) is 22.1. The van der Waals surface area contributed by atoms with Gasteiger partial charge in [0.25, 0.3) is 0 Å². The smallest absolute Gasteiger partial charge is 0.104 e. The first-order chi connectivity index (χ1) is 15.4. The summed E-state index contributed by atoms with van der Waals surface area (Å²) in [7, 11) is 0. The topological polar surface area (TPSA) is 64.6 Å². The molecule has 0 aromatic heterocycles. The monoisotopic (exact) mass is 448 g/mol.